The summed E-state index contributed by atoms with van der Waals surface area (Å²) in [5, 5.41) is 13.8. The number of hydrogen-bond donors (Lipinski definition) is 3. The zero-order valence-electron chi connectivity index (χ0n) is 10.9. The molecule has 0 spiro atoms. The molecule has 1 aliphatic rings. The van der Waals surface area contributed by atoms with Gasteiger partial charge in [0.2, 0.25) is 0 Å². The van der Waals surface area contributed by atoms with Crippen LogP contribution in [0, 0.1) is 5.82 Å². The summed E-state index contributed by atoms with van der Waals surface area (Å²) in [6.07, 6.45) is 1.15. The maximum Gasteiger partial charge on any atom is 0.315 e. The van der Waals surface area contributed by atoms with Crippen LogP contribution in [0.15, 0.2) is 24.3 Å². The quantitative estimate of drug-likeness (QED) is 0.696. The van der Waals surface area contributed by atoms with Gasteiger partial charge in [0.25, 0.3) is 0 Å². The predicted octanol–water partition coefficient (Wildman–Crippen LogP) is 1.85. The van der Waals surface area contributed by atoms with Crippen molar-refractivity contribution in [1.29, 1.82) is 0 Å². The number of hydrogen-bond acceptors (Lipinski definition) is 2. The Kier molecular flexibility index (Phi) is 4.55. The van der Waals surface area contributed by atoms with Crippen LogP contribution in [0.5, 0.6) is 0 Å². The predicted molar refractivity (Wildman–Crippen MR) is 71.0 cm³/mol. The van der Waals surface area contributed by atoms with Gasteiger partial charge in [-0.1, -0.05) is 18.2 Å². The molecule has 2 amide bonds. The minimum absolute atomic E-state index is 0.0287. The van der Waals surface area contributed by atoms with Crippen molar-refractivity contribution in [3.8, 4) is 0 Å². The molecule has 108 valence electrons. The number of halogens is 1. The summed E-state index contributed by atoms with van der Waals surface area (Å²) in [7, 11) is 0. The number of carbonyl (C=O) groups is 2. The minimum atomic E-state index is -0.881. The van der Waals surface area contributed by atoms with Crippen LogP contribution in [0.3, 0.4) is 0 Å². The number of carbonyl (C=O) groups excluding carboxylic acids is 1. The summed E-state index contributed by atoms with van der Waals surface area (Å²) in [5.74, 6) is -1.10. The van der Waals surface area contributed by atoms with Gasteiger partial charge in [-0.3, -0.25) is 4.79 Å². The second-order valence-electron chi connectivity index (χ2n) is 4.87. The van der Waals surface area contributed by atoms with Crippen molar-refractivity contribution in [2.24, 2.45) is 0 Å². The summed E-state index contributed by atoms with van der Waals surface area (Å²) in [6, 6.07) is 6.17. The van der Waals surface area contributed by atoms with Crippen LogP contribution in [0.2, 0.25) is 0 Å². The second-order valence-corrected chi connectivity index (χ2v) is 4.87. The summed E-state index contributed by atoms with van der Waals surface area (Å²) >= 11 is 0. The lowest BCUT2D eigenvalue weighted by molar-refractivity contribution is -0.137. The van der Waals surface area contributed by atoms with Crippen molar-refractivity contribution in [2.75, 3.05) is 6.54 Å². The lowest BCUT2D eigenvalue weighted by atomic mass is 10.1. The second kappa shape index (κ2) is 6.36. The zero-order valence-corrected chi connectivity index (χ0v) is 10.9. The van der Waals surface area contributed by atoms with E-state index in [-0.39, 0.29) is 30.2 Å². The average molecular weight is 280 g/mol. The van der Waals surface area contributed by atoms with E-state index in [0.29, 0.717) is 18.5 Å². The molecule has 5 nitrogen and oxygen atoms in total. The molecule has 0 heterocycles. The summed E-state index contributed by atoms with van der Waals surface area (Å²) in [4.78, 5) is 21.8. The third-order valence-electron chi connectivity index (χ3n) is 3.26. The molecule has 6 heteroatoms. The molecule has 1 fully saturated rings. The molecule has 2 rings (SSSR count). The molecule has 1 saturated carbocycles. The normalized spacial score (nSPS) is 20.2. The Morgan fingerprint density at radius 3 is 2.80 bits per heavy atom. The highest BCUT2D eigenvalue weighted by Crippen LogP contribution is 2.41. The van der Waals surface area contributed by atoms with Gasteiger partial charge in [0, 0.05) is 24.9 Å². The molecule has 0 bridgehead atoms. The van der Waals surface area contributed by atoms with Crippen LogP contribution >= 0.6 is 0 Å². The molecule has 3 N–H and O–H groups in total. The number of carboxylic acid groups (broad SMARTS) is 1. The topological polar surface area (TPSA) is 78.4 Å². The van der Waals surface area contributed by atoms with Gasteiger partial charge in [-0.25, -0.2) is 9.18 Å². The number of rotatable bonds is 6. The molecule has 1 aliphatic carbocycles. The summed E-state index contributed by atoms with van der Waals surface area (Å²) in [5.41, 5.74) is 0.628. The van der Waals surface area contributed by atoms with E-state index < -0.39 is 5.97 Å². The number of benzene rings is 1. The molecule has 1 aromatic rings. The molecule has 0 saturated heterocycles. The van der Waals surface area contributed by atoms with Crippen molar-refractivity contribution in [1.82, 2.24) is 10.6 Å². The third-order valence-corrected chi connectivity index (χ3v) is 3.26. The van der Waals surface area contributed by atoms with E-state index in [9.17, 15) is 14.0 Å². The lowest BCUT2D eigenvalue weighted by Crippen LogP contribution is -2.37. The fraction of sp³-hybridized carbons (Fsp3) is 0.429. The molecule has 1 aromatic carbocycles. The highest BCUT2D eigenvalue weighted by Gasteiger charge is 2.40. The lowest BCUT2D eigenvalue weighted by Gasteiger charge is -2.07. The highest BCUT2D eigenvalue weighted by molar-refractivity contribution is 5.75. The maximum absolute atomic E-state index is 13.5. The smallest absolute Gasteiger partial charge is 0.315 e. The zero-order chi connectivity index (χ0) is 14.5. The molecule has 0 unspecified atom stereocenters. The first-order valence-corrected chi connectivity index (χ1v) is 6.58. The van der Waals surface area contributed by atoms with E-state index in [0.717, 1.165) is 6.42 Å². The molecule has 20 heavy (non-hydrogen) atoms. The van der Waals surface area contributed by atoms with Gasteiger partial charge in [-0.2, -0.15) is 0 Å². The van der Waals surface area contributed by atoms with Gasteiger partial charge >= 0.3 is 12.0 Å². The van der Waals surface area contributed by atoms with E-state index in [1.165, 1.54) is 6.07 Å². The van der Waals surface area contributed by atoms with Crippen LogP contribution in [-0.4, -0.2) is 29.7 Å². The standard InChI is InChI=1S/C14H17FN2O3/c15-11-5-2-1-4-9(11)10-8-12(10)17-14(20)16-7-3-6-13(18)19/h1-2,4-5,10,12H,3,6-8H2,(H,18,19)(H2,16,17,20)/t10-,12+/m0/s1. The number of carboxylic acids is 1. The Bertz CT molecular complexity index is 507. The van der Waals surface area contributed by atoms with Crippen molar-refractivity contribution in [3.63, 3.8) is 0 Å². The average Bonchev–Trinajstić information content (AvgIpc) is 3.14. The van der Waals surface area contributed by atoms with Crippen molar-refractivity contribution in [2.45, 2.75) is 31.2 Å². The number of urea groups is 1. The first kappa shape index (κ1) is 14.3. The molecular weight excluding hydrogens is 263 g/mol. The largest absolute Gasteiger partial charge is 0.481 e. The van der Waals surface area contributed by atoms with Gasteiger partial charge in [0.15, 0.2) is 0 Å². The summed E-state index contributed by atoms with van der Waals surface area (Å²) < 4.78 is 13.5. The van der Waals surface area contributed by atoms with Crippen molar-refractivity contribution >= 4 is 12.0 Å². The monoisotopic (exact) mass is 280 g/mol. The molecular formula is C14H17FN2O3. The molecule has 0 radical (unpaired) electrons. The fourth-order valence-corrected chi connectivity index (χ4v) is 2.13. The minimum Gasteiger partial charge on any atom is -0.481 e. The van der Waals surface area contributed by atoms with Gasteiger partial charge in [-0.05, 0) is 24.5 Å². The van der Waals surface area contributed by atoms with Crippen LogP contribution in [-0.2, 0) is 4.79 Å². The molecule has 0 aliphatic heterocycles. The van der Waals surface area contributed by atoms with Crippen molar-refractivity contribution in [3.05, 3.63) is 35.6 Å². The Balaban J connectivity index is 1.70. The van der Waals surface area contributed by atoms with Crippen LogP contribution in [0.4, 0.5) is 9.18 Å². The van der Waals surface area contributed by atoms with Crippen LogP contribution in [0.25, 0.3) is 0 Å². The summed E-state index contributed by atoms with van der Waals surface area (Å²) in [6.45, 7) is 0.315. The Hall–Kier alpha value is -2.11. The first-order chi connectivity index (χ1) is 9.58. The molecule has 0 aromatic heterocycles. The first-order valence-electron chi connectivity index (χ1n) is 6.58. The number of nitrogens with one attached hydrogen (secondary N) is 2. The van der Waals surface area contributed by atoms with Crippen LogP contribution in [0.1, 0.15) is 30.7 Å². The Morgan fingerprint density at radius 1 is 1.35 bits per heavy atom. The van der Waals surface area contributed by atoms with E-state index in [1.807, 2.05) is 0 Å². The van der Waals surface area contributed by atoms with Gasteiger partial charge < -0.3 is 15.7 Å². The van der Waals surface area contributed by atoms with E-state index in [2.05, 4.69) is 10.6 Å². The highest BCUT2D eigenvalue weighted by atomic mass is 19.1. The maximum atomic E-state index is 13.5. The van der Waals surface area contributed by atoms with Gasteiger partial charge in [0.1, 0.15) is 5.82 Å². The SMILES string of the molecule is O=C(O)CCCNC(=O)N[C@@H]1C[C@H]1c1ccccc1F. The Morgan fingerprint density at radius 2 is 2.10 bits per heavy atom. The van der Waals surface area contributed by atoms with E-state index in [1.54, 1.807) is 18.2 Å². The Labute approximate surface area is 116 Å². The van der Waals surface area contributed by atoms with Gasteiger partial charge in [0.05, 0.1) is 0 Å². The van der Waals surface area contributed by atoms with E-state index >= 15 is 0 Å². The van der Waals surface area contributed by atoms with Crippen molar-refractivity contribution < 1.29 is 19.1 Å². The van der Waals surface area contributed by atoms with Crippen LogP contribution < -0.4 is 10.6 Å². The number of amides is 2. The fourth-order valence-electron chi connectivity index (χ4n) is 2.13. The van der Waals surface area contributed by atoms with Gasteiger partial charge in [-0.15, -0.1) is 0 Å². The van der Waals surface area contributed by atoms with E-state index in [4.69, 9.17) is 5.11 Å². The number of aliphatic carboxylic acids is 1. The molecule has 2 atom stereocenters. The third kappa shape index (κ3) is 3.94.